The van der Waals surface area contributed by atoms with Crippen LogP contribution in [0.25, 0.3) is 0 Å². The van der Waals surface area contributed by atoms with Gasteiger partial charge in [-0.25, -0.2) is 0 Å². The van der Waals surface area contributed by atoms with Gasteiger partial charge in [0.25, 0.3) is 5.91 Å². The van der Waals surface area contributed by atoms with E-state index >= 15 is 0 Å². The van der Waals surface area contributed by atoms with Crippen LogP contribution in [0, 0.1) is 5.92 Å². The number of amides is 2. The van der Waals surface area contributed by atoms with Crippen molar-refractivity contribution in [3.05, 3.63) is 65.7 Å². The van der Waals surface area contributed by atoms with Crippen molar-refractivity contribution < 1.29 is 19.5 Å². The Bertz CT molecular complexity index is 883. The first kappa shape index (κ1) is 20.6. The lowest BCUT2D eigenvalue weighted by molar-refractivity contribution is -0.143. The van der Waals surface area contributed by atoms with Gasteiger partial charge in [-0.1, -0.05) is 30.3 Å². The number of hydrogen-bond donors (Lipinski definition) is 2. The van der Waals surface area contributed by atoms with Crippen LogP contribution in [0.3, 0.4) is 0 Å². The highest BCUT2D eigenvalue weighted by Crippen LogP contribution is 2.25. The summed E-state index contributed by atoms with van der Waals surface area (Å²) in [6.45, 7) is 4.63. The molecule has 1 aliphatic heterocycles. The van der Waals surface area contributed by atoms with Crippen molar-refractivity contribution in [2.75, 3.05) is 18.4 Å². The Hall–Kier alpha value is -3.15. The first-order valence-electron chi connectivity index (χ1n) is 9.78. The number of benzene rings is 2. The average molecular weight is 394 g/mol. The molecule has 0 bridgehead atoms. The van der Waals surface area contributed by atoms with Crippen molar-refractivity contribution in [3.63, 3.8) is 0 Å². The fourth-order valence-corrected chi connectivity index (χ4v) is 3.48. The Kier molecular flexibility index (Phi) is 6.01. The van der Waals surface area contributed by atoms with Crippen molar-refractivity contribution in [3.8, 4) is 0 Å². The number of carboxylic acid groups (broad SMARTS) is 1. The summed E-state index contributed by atoms with van der Waals surface area (Å²) in [6, 6.07) is 16.4. The van der Waals surface area contributed by atoms with Gasteiger partial charge in [-0.05, 0) is 56.5 Å². The molecule has 3 rings (SSSR count). The standard InChI is InChI=1S/C23H26N2O4/c1-23(2,18-6-4-3-5-7-18)22(29)24-19-10-8-16(9-11-19)20(26)25-14-12-17(13-15-25)21(27)28/h3-11,17H,12-15H2,1-2H3,(H,24,29)(H,27,28). The molecule has 2 amide bonds. The van der Waals surface area contributed by atoms with Gasteiger partial charge in [0.2, 0.25) is 5.91 Å². The maximum atomic E-state index is 12.8. The predicted molar refractivity (Wildman–Crippen MR) is 111 cm³/mol. The molecule has 0 spiro atoms. The molecule has 2 aromatic carbocycles. The van der Waals surface area contributed by atoms with Crippen LogP contribution in [-0.4, -0.2) is 40.9 Å². The zero-order chi connectivity index (χ0) is 21.0. The van der Waals surface area contributed by atoms with Gasteiger partial charge < -0.3 is 15.3 Å². The van der Waals surface area contributed by atoms with E-state index in [-0.39, 0.29) is 17.7 Å². The second kappa shape index (κ2) is 8.47. The number of anilines is 1. The number of carboxylic acids is 1. The van der Waals surface area contributed by atoms with Crippen molar-refractivity contribution in [2.45, 2.75) is 32.1 Å². The van der Waals surface area contributed by atoms with E-state index < -0.39 is 11.4 Å². The Balaban J connectivity index is 1.62. The predicted octanol–water partition coefficient (Wildman–Crippen LogP) is 3.54. The van der Waals surface area contributed by atoms with Crippen LogP contribution in [0.5, 0.6) is 0 Å². The molecule has 1 aliphatic rings. The first-order valence-corrected chi connectivity index (χ1v) is 9.78. The molecular formula is C23H26N2O4. The van der Waals surface area contributed by atoms with Crippen molar-refractivity contribution in [1.82, 2.24) is 4.90 Å². The highest BCUT2D eigenvalue weighted by Gasteiger charge is 2.30. The number of likely N-dealkylation sites (tertiary alicyclic amines) is 1. The summed E-state index contributed by atoms with van der Waals surface area (Å²) in [5.41, 5.74) is 1.39. The minimum Gasteiger partial charge on any atom is -0.481 e. The molecule has 0 saturated carbocycles. The van der Waals surface area contributed by atoms with Crippen LogP contribution >= 0.6 is 0 Å². The van der Waals surface area contributed by atoms with Crippen LogP contribution < -0.4 is 5.32 Å². The number of carbonyl (C=O) groups excluding carboxylic acids is 2. The third-order valence-electron chi connectivity index (χ3n) is 5.58. The smallest absolute Gasteiger partial charge is 0.306 e. The number of rotatable bonds is 5. The molecule has 0 unspecified atom stereocenters. The van der Waals surface area contributed by atoms with Crippen LogP contribution in [-0.2, 0) is 15.0 Å². The fourth-order valence-electron chi connectivity index (χ4n) is 3.48. The molecule has 0 atom stereocenters. The minimum absolute atomic E-state index is 0.115. The molecule has 6 heteroatoms. The van der Waals surface area contributed by atoms with Crippen LogP contribution in [0.2, 0.25) is 0 Å². The number of carbonyl (C=O) groups is 3. The average Bonchev–Trinajstić information content (AvgIpc) is 2.74. The Labute approximate surface area is 170 Å². The molecule has 6 nitrogen and oxygen atoms in total. The summed E-state index contributed by atoms with van der Waals surface area (Å²) < 4.78 is 0. The van der Waals surface area contributed by atoms with E-state index in [2.05, 4.69) is 5.32 Å². The van der Waals surface area contributed by atoms with Gasteiger partial charge in [0.15, 0.2) is 0 Å². The number of nitrogens with one attached hydrogen (secondary N) is 1. The maximum absolute atomic E-state index is 12.8. The SMILES string of the molecule is CC(C)(C(=O)Nc1ccc(C(=O)N2CCC(C(=O)O)CC2)cc1)c1ccccc1. The molecule has 1 heterocycles. The number of piperidine rings is 1. The molecule has 1 saturated heterocycles. The van der Waals surface area contributed by atoms with E-state index in [1.54, 1.807) is 29.2 Å². The summed E-state index contributed by atoms with van der Waals surface area (Å²) in [5.74, 6) is -1.41. The molecule has 2 aromatic rings. The zero-order valence-corrected chi connectivity index (χ0v) is 16.7. The Morgan fingerprint density at radius 3 is 2.10 bits per heavy atom. The number of aliphatic carboxylic acids is 1. The van der Waals surface area contributed by atoms with Crippen molar-refractivity contribution >= 4 is 23.5 Å². The lowest BCUT2D eigenvalue weighted by Gasteiger charge is -2.30. The van der Waals surface area contributed by atoms with Gasteiger partial charge in [-0.3, -0.25) is 14.4 Å². The third-order valence-corrected chi connectivity index (χ3v) is 5.58. The van der Waals surface area contributed by atoms with Gasteiger partial charge >= 0.3 is 5.97 Å². The summed E-state index contributed by atoms with van der Waals surface area (Å²) in [5, 5.41) is 12.0. The monoisotopic (exact) mass is 394 g/mol. The Morgan fingerprint density at radius 1 is 0.966 bits per heavy atom. The van der Waals surface area contributed by atoms with Gasteiger partial charge in [0.05, 0.1) is 11.3 Å². The second-order valence-electron chi connectivity index (χ2n) is 7.93. The van der Waals surface area contributed by atoms with E-state index in [0.29, 0.717) is 37.2 Å². The van der Waals surface area contributed by atoms with Gasteiger partial charge in [0, 0.05) is 24.3 Å². The number of nitrogens with zero attached hydrogens (tertiary/aromatic N) is 1. The maximum Gasteiger partial charge on any atom is 0.306 e. The largest absolute Gasteiger partial charge is 0.481 e. The minimum atomic E-state index is -0.796. The van der Waals surface area contributed by atoms with Gasteiger partial charge in [-0.15, -0.1) is 0 Å². The lowest BCUT2D eigenvalue weighted by Crippen LogP contribution is -2.40. The van der Waals surface area contributed by atoms with Crippen LogP contribution in [0.15, 0.2) is 54.6 Å². The molecule has 0 aliphatic carbocycles. The number of hydrogen-bond acceptors (Lipinski definition) is 3. The fraction of sp³-hybridized carbons (Fsp3) is 0.348. The summed E-state index contributed by atoms with van der Waals surface area (Å²) in [4.78, 5) is 38.1. The zero-order valence-electron chi connectivity index (χ0n) is 16.7. The quantitative estimate of drug-likeness (QED) is 0.812. The van der Waals surface area contributed by atoms with E-state index in [1.807, 2.05) is 44.2 Å². The third kappa shape index (κ3) is 4.65. The molecule has 152 valence electrons. The van der Waals surface area contributed by atoms with Crippen molar-refractivity contribution in [1.29, 1.82) is 0 Å². The molecular weight excluding hydrogens is 368 g/mol. The van der Waals surface area contributed by atoms with Gasteiger partial charge in [-0.2, -0.15) is 0 Å². The van der Waals surface area contributed by atoms with Crippen LogP contribution in [0.1, 0.15) is 42.6 Å². The first-order chi connectivity index (χ1) is 13.8. The van der Waals surface area contributed by atoms with Crippen LogP contribution in [0.4, 0.5) is 5.69 Å². The van der Waals surface area contributed by atoms with Gasteiger partial charge in [0.1, 0.15) is 0 Å². The molecule has 0 aromatic heterocycles. The Morgan fingerprint density at radius 2 is 1.55 bits per heavy atom. The normalized spacial score (nSPS) is 15.0. The van der Waals surface area contributed by atoms with E-state index in [4.69, 9.17) is 5.11 Å². The molecule has 1 fully saturated rings. The summed E-state index contributed by atoms with van der Waals surface area (Å²) in [7, 11) is 0. The lowest BCUT2D eigenvalue weighted by atomic mass is 9.83. The van der Waals surface area contributed by atoms with E-state index in [9.17, 15) is 14.4 Å². The van der Waals surface area contributed by atoms with E-state index in [0.717, 1.165) is 5.56 Å². The van der Waals surface area contributed by atoms with Crippen molar-refractivity contribution in [2.24, 2.45) is 5.92 Å². The summed E-state index contributed by atoms with van der Waals surface area (Å²) >= 11 is 0. The van der Waals surface area contributed by atoms with E-state index in [1.165, 1.54) is 0 Å². The highest BCUT2D eigenvalue weighted by atomic mass is 16.4. The topological polar surface area (TPSA) is 86.7 Å². The molecule has 29 heavy (non-hydrogen) atoms. The second-order valence-corrected chi connectivity index (χ2v) is 7.93. The summed E-state index contributed by atoms with van der Waals surface area (Å²) in [6.07, 6.45) is 0.952. The molecule has 2 N–H and O–H groups in total. The highest BCUT2D eigenvalue weighted by molar-refractivity contribution is 5.99. The molecule has 0 radical (unpaired) electrons.